The van der Waals surface area contributed by atoms with Crippen molar-refractivity contribution in [1.82, 2.24) is 14.9 Å². The summed E-state index contributed by atoms with van der Waals surface area (Å²) in [6.45, 7) is 6.31. The van der Waals surface area contributed by atoms with Crippen LogP contribution in [0.3, 0.4) is 0 Å². The molecule has 0 aliphatic heterocycles. The first-order valence-electron chi connectivity index (χ1n) is 8.78. The lowest BCUT2D eigenvalue weighted by Gasteiger charge is -2.09. The number of hydrogen-bond acceptors (Lipinski definition) is 4. The Morgan fingerprint density at radius 3 is 2.88 bits per heavy atom. The van der Waals surface area contributed by atoms with Crippen LogP contribution in [0.25, 0.3) is 5.52 Å². The fourth-order valence-corrected chi connectivity index (χ4v) is 2.93. The zero-order valence-corrected chi connectivity index (χ0v) is 15.3. The normalized spacial score (nSPS) is 11.2. The minimum atomic E-state index is -0.580. The third-order valence-electron chi connectivity index (χ3n) is 4.36. The molecule has 0 fully saturated rings. The summed E-state index contributed by atoms with van der Waals surface area (Å²) >= 11 is 0. The van der Waals surface area contributed by atoms with Gasteiger partial charge in [0.05, 0.1) is 5.52 Å². The van der Waals surface area contributed by atoms with Crippen LogP contribution in [0.15, 0.2) is 45.9 Å². The fourth-order valence-electron chi connectivity index (χ4n) is 2.93. The lowest BCUT2D eigenvalue weighted by Crippen LogP contribution is -2.29. The van der Waals surface area contributed by atoms with Crippen LogP contribution in [0.5, 0.6) is 0 Å². The average Bonchev–Trinajstić information content (AvgIpc) is 3.06. The zero-order valence-electron chi connectivity index (χ0n) is 15.3. The second kappa shape index (κ2) is 7.56. The van der Waals surface area contributed by atoms with E-state index in [2.05, 4.69) is 24.3 Å². The summed E-state index contributed by atoms with van der Waals surface area (Å²) in [6, 6.07) is 7.45. The van der Waals surface area contributed by atoms with Crippen molar-refractivity contribution in [1.29, 1.82) is 0 Å². The monoisotopic (exact) mass is 353 g/mol. The second-order valence-corrected chi connectivity index (χ2v) is 6.87. The van der Waals surface area contributed by atoms with Crippen molar-refractivity contribution < 1.29 is 9.21 Å². The lowest BCUT2D eigenvalue weighted by atomic mass is 10.0. The third kappa shape index (κ3) is 3.85. The summed E-state index contributed by atoms with van der Waals surface area (Å²) in [4.78, 5) is 24.8. The van der Waals surface area contributed by atoms with E-state index >= 15 is 0 Å². The fraction of sp³-hybridized carbons (Fsp3) is 0.350. The van der Waals surface area contributed by atoms with E-state index in [1.54, 1.807) is 23.7 Å². The Hall–Kier alpha value is -2.89. The van der Waals surface area contributed by atoms with Crippen molar-refractivity contribution in [3.63, 3.8) is 0 Å². The second-order valence-electron chi connectivity index (χ2n) is 6.87. The molecule has 0 atom stereocenters. The van der Waals surface area contributed by atoms with Crippen molar-refractivity contribution in [3.8, 4) is 0 Å². The number of rotatable bonds is 6. The molecule has 0 radical (unpaired) electrons. The van der Waals surface area contributed by atoms with Gasteiger partial charge in [-0.25, -0.2) is 9.31 Å². The van der Waals surface area contributed by atoms with Gasteiger partial charge in [0, 0.05) is 25.4 Å². The Kier molecular flexibility index (Phi) is 5.21. The van der Waals surface area contributed by atoms with Gasteiger partial charge in [0.2, 0.25) is 0 Å². The topological polar surface area (TPSA) is 76.6 Å². The molecule has 3 aromatic rings. The van der Waals surface area contributed by atoms with E-state index < -0.39 is 11.5 Å². The summed E-state index contributed by atoms with van der Waals surface area (Å²) in [5.41, 5.74) is 1.97. The number of carbonyl (C=O) groups excluding carboxylic acids is 1. The highest BCUT2D eigenvalue weighted by Gasteiger charge is 2.17. The lowest BCUT2D eigenvalue weighted by molar-refractivity contribution is 0.0946. The molecule has 0 saturated heterocycles. The van der Waals surface area contributed by atoms with Crippen molar-refractivity contribution in [2.75, 3.05) is 0 Å². The molecule has 136 valence electrons. The van der Waals surface area contributed by atoms with E-state index in [1.807, 2.05) is 24.4 Å². The Morgan fingerprint density at radius 2 is 2.15 bits per heavy atom. The molecule has 3 heterocycles. The molecule has 6 heteroatoms. The van der Waals surface area contributed by atoms with Gasteiger partial charge in [-0.05, 0) is 48.6 Å². The van der Waals surface area contributed by atoms with Gasteiger partial charge in [-0.15, -0.1) is 0 Å². The average molecular weight is 353 g/mol. The summed E-state index contributed by atoms with van der Waals surface area (Å²) in [7, 11) is 0. The smallest absolute Gasteiger partial charge is 0.349 e. The molecule has 3 rings (SSSR count). The number of aromatic nitrogens is 2. The van der Waals surface area contributed by atoms with E-state index in [0.29, 0.717) is 30.2 Å². The van der Waals surface area contributed by atoms with Gasteiger partial charge in [0.15, 0.2) is 0 Å². The van der Waals surface area contributed by atoms with E-state index in [0.717, 1.165) is 17.5 Å². The quantitative estimate of drug-likeness (QED) is 0.739. The molecule has 0 saturated carbocycles. The minimum absolute atomic E-state index is 0.0683. The predicted octanol–water partition coefficient (Wildman–Crippen LogP) is 3.11. The van der Waals surface area contributed by atoms with E-state index in [9.17, 15) is 9.59 Å². The Morgan fingerprint density at radius 1 is 1.35 bits per heavy atom. The maximum Gasteiger partial charge on any atom is 0.349 e. The highest BCUT2D eigenvalue weighted by Crippen LogP contribution is 2.13. The number of carbonyl (C=O) groups is 1. The molecule has 6 nitrogen and oxygen atoms in total. The van der Waals surface area contributed by atoms with Gasteiger partial charge in [-0.3, -0.25) is 4.79 Å². The van der Waals surface area contributed by atoms with Crippen LogP contribution < -0.4 is 10.9 Å². The van der Waals surface area contributed by atoms with E-state index in [4.69, 9.17) is 4.42 Å². The molecule has 3 aromatic heterocycles. The first kappa shape index (κ1) is 17.9. The maximum absolute atomic E-state index is 12.5. The number of fused-ring (bicyclic) bond motifs is 1. The first-order valence-corrected chi connectivity index (χ1v) is 8.78. The maximum atomic E-state index is 12.5. The highest BCUT2D eigenvalue weighted by atomic mass is 16.4. The molecule has 0 spiro atoms. The van der Waals surface area contributed by atoms with Gasteiger partial charge in [-0.1, -0.05) is 19.9 Å². The molecule has 26 heavy (non-hydrogen) atoms. The number of pyridine rings is 1. The molecular formula is C20H23N3O3. The number of aryl methyl sites for hydroxylation is 2. The van der Waals surface area contributed by atoms with E-state index in [1.165, 1.54) is 0 Å². The SMILES string of the molecule is Cc1cc(CCC(C)C)oc(=O)c1C(=O)NCc1cccn2nccc12. The third-order valence-corrected chi connectivity index (χ3v) is 4.36. The summed E-state index contributed by atoms with van der Waals surface area (Å²) in [5.74, 6) is 0.727. The number of amides is 1. The standard InChI is InChI=1S/C20H23N3O3/c1-13(2)6-7-16-11-14(3)18(20(25)26-16)19(24)21-12-15-5-4-10-23-17(15)8-9-22-23/h4-5,8-11,13H,6-7,12H2,1-3H3,(H,21,24). The van der Waals surface area contributed by atoms with Gasteiger partial charge in [0.1, 0.15) is 11.3 Å². The Labute approximate surface area is 151 Å². The summed E-state index contributed by atoms with van der Waals surface area (Å²) < 4.78 is 7.08. The summed E-state index contributed by atoms with van der Waals surface area (Å²) in [5, 5.41) is 6.98. The number of nitrogens with one attached hydrogen (secondary N) is 1. The van der Waals surface area contributed by atoms with Gasteiger partial charge in [-0.2, -0.15) is 5.10 Å². The van der Waals surface area contributed by atoms with Gasteiger partial charge < -0.3 is 9.73 Å². The summed E-state index contributed by atoms with van der Waals surface area (Å²) in [6.07, 6.45) is 5.17. The van der Waals surface area contributed by atoms with Crippen molar-refractivity contribution in [3.05, 3.63) is 69.5 Å². The highest BCUT2D eigenvalue weighted by molar-refractivity contribution is 5.95. The number of nitrogens with zero attached hydrogens (tertiary/aromatic N) is 2. The molecule has 0 aliphatic carbocycles. The molecular weight excluding hydrogens is 330 g/mol. The molecule has 1 amide bonds. The minimum Gasteiger partial charge on any atom is -0.427 e. The van der Waals surface area contributed by atoms with Crippen LogP contribution in [0.1, 0.15) is 47.5 Å². The van der Waals surface area contributed by atoms with Crippen molar-refractivity contribution in [2.45, 2.75) is 40.2 Å². The molecule has 0 aliphatic rings. The van der Waals surface area contributed by atoms with Crippen molar-refractivity contribution in [2.24, 2.45) is 5.92 Å². The predicted molar refractivity (Wildman–Crippen MR) is 99.2 cm³/mol. The zero-order chi connectivity index (χ0) is 18.7. The largest absolute Gasteiger partial charge is 0.427 e. The van der Waals surface area contributed by atoms with Crippen LogP contribution >= 0.6 is 0 Å². The van der Waals surface area contributed by atoms with Crippen LogP contribution in [0.2, 0.25) is 0 Å². The van der Waals surface area contributed by atoms with Gasteiger partial charge in [0.25, 0.3) is 5.91 Å². The molecule has 0 aromatic carbocycles. The van der Waals surface area contributed by atoms with Crippen molar-refractivity contribution >= 4 is 11.4 Å². The first-order chi connectivity index (χ1) is 12.5. The van der Waals surface area contributed by atoms with Crippen LogP contribution in [-0.2, 0) is 13.0 Å². The Balaban J connectivity index is 1.75. The Bertz CT molecular complexity index is 985. The molecule has 0 unspecified atom stereocenters. The number of hydrogen-bond donors (Lipinski definition) is 1. The van der Waals surface area contributed by atoms with Crippen LogP contribution in [0, 0.1) is 12.8 Å². The van der Waals surface area contributed by atoms with Crippen LogP contribution in [0.4, 0.5) is 0 Å². The van der Waals surface area contributed by atoms with Crippen LogP contribution in [-0.4, -0.2) is 15.5 Å². The van der Waals surface area contributed by atoms with E-state index in [-0.39, 0.29) is 5.56 Å². The van der Waals surface area contributed by atoms with Gasteiger partial charge >= 0.3 is 5.63 Å². The molecule has 0 bridgehead atoms. The molecule has 1 N–H and O–H groups in total.